The van der Waals surface area contributed by atoms with Crippen molar-refractivity contribution in [1.82, 2.24) is 24.3 Å². The summed E-state index contributed by atoms with van der Waals surface area (Å²) < 4.78 is 4.85. The molecule has 6 nitrogen and oxygen atoms in total. The molecule has 0 radical (unpaired) electrons. The molecule has 1 aliphatic rings. The molecule has 0 aromatic carbocycles. The Bertz CT molecular complexity index is 658. The molecule has 0 bridgehead atoms. The Labute approximate surface area is 123 Å². The van der Waals surface area contributed by atoms with Crippen molar-refractivity contribution in [3.05, 3.63) is 10.5 Å². The molecule has 2 aromatic heterocycles. The number of H-pyrrole nitrogens is 1. The lowest BCUT2D eigenvalue weighted by Gasteiger charge is -2.34. The number of likely N-dealkylation sites (N-methyl/N-ethyl adjacent to an activating group) is 1. The zero-order chi connectivity index (χ0) is 14.3. The summed E-state index contributed by atoms with van der Waals surface area (Å²) in [5.41, 5.74) is 3.30. The molecule has 0 aliphatic carbocycles. The lowest BCUT2D eigenvalue weighted by atomic mass is 10.2. The van der Waals surface area contributed by atoms with Crippen LogP contribution in [0.3, 0.4) is 0 Å². The van der Waals surface area contributed by atoms with Gasteiger partial charge in [0.15, 0.2) is 10.4 Å². The molecular weight excluding hydrogens is 272 g/mol. The van der Waals surface area contributed by atoms with Crippen molar-refractivity contribution < 1.29 is 0 Å². The summed E-state index contributed by atoms with van der Waals surface area (Å²) in [5, 5.41) is 6.95. The highest BCUT2D eigenvalue weighted by molar-refractivity contribution is 7.71. The average molecular weight is 294 g/mol. The lowest BCUT2D eigenvalue weighted by Crippen LogP contribution is -2.50. The first-order chi connectivity index (χ1) is 9.61. The zero-order valence-electron chi connectivity index (χ0n) is 12.4. The van der Waals surface area contributed by atoms with Gasteiger partial charge in [0.05, 0.1) is 5.69 Å². The van der Waals surface area contributed by atoms with E-state index < -0.39 is 0 Å². The van der Waals surface area contributed by atoms with Crippen LogP contribution in [0.15, 0.2) is 0 Å². The van der Waals surface area contributed by atoms with Crippen molar-refractivity contribution in [2.45, 2.75) is 19.8 Å². The molecule has 0 spiro atoms. The first-order valence-corrected chi connectivity index (χ1v) is 7.63. The summed E-state index contributed by atoms with van der Waals surface area (Å²) in [6.07, 6.45) is 2.07. The van der Waals surface area contributed by atoms with Crippen molar-refractivity contribution in [2.24, 2.45) is 7.05 Å². The van der Waals surface area contributed by atoms with Crippen LogP contribution in [0.4, 0.5) is 0 Å². The minimum absolute atomic E-state index is 0.773. The van der Waals surface area contributed by atoms with Gasteiger partial charge in [-0.25, -0.2) is 9.36 Å². The van der Waals surface area contributed by atoms with E-state index in [1.54, 1.807) is 0 Å². The Morgan fingerprint density at radius 1 is 1.20 bits per heavy atom. The topological polar surface area (TPSA) is 45.0 Å². The molecule has 1 aliphatic heterocycles. The van der Waals surface area contributed by atoms with Gasteiger partial charge in [0.2, 0.25) is 0 Å². The van der Waals surface area contributed by atoms with Gasteiger partial charge >= 0.3 is 0 Å². The van der Waals surface area contributed by atoms with E-state index >= 15 is 0 Å². The highest BCUT2D eigenvalue weighted by atomic mass is 32.1. The van der Waals surface area contributed by atoms with E-state index in [-0.39, 0.29) is 0 Å². The summed E-state index contributed by atoms with van der Waals surface area (Å²) >= 11 is 5.53. The normalized spacial score (nSPS) is 17.2. The van der Waals surface area contributed by atoms with Gasteiger partial charge in [-0.1, -0.05) is 13.3 Å². The maximum Gasteiger partial charge on any atom is 0.198 e. The predicted octanol–water partition coefficient (Wildman–Crippen LogP) is 1.27. The van der Waals surface area contributed by atoms with Gasteiger partial charge in [-0.2, -0.15) is 5.10 Å². The van der Waals surface area contributed by atoms with Gasteiger partial charge in [0, 0.05) is 33.2 Å². The number of imidazole rings is 1. The molecular formula is C13H22N6S. The van der Waals surface area contributed by atoms with Gasteiger partial charge < -0.3 is 14.9 Å². The minimum Gasteiger partial charge on any atom is -0.326 e. The quantitative estimate of drug-likeness (QED) is 0.866. The third kappa shape index (κ3) is 2.14. The van der Waals surface area contributed by atoms with E-state index in [0.29, 0.717) is 0 Å². The van der Waals surface area contributed by atoms with E-state index in [4.69, 9.17) is 12.2 Å². The molecule has 3 heterocycles. The van der Waals surface area contributed by atoms with E-state index in [0.717, 1.165) is 60.6 Å². The van der Waals surface area contributed by atoms with Crippen LogP contribution in [0.1, 0.15) is 19.0 Å². The number of hydrogen-bond acceptors (Lipinski definition) is 4. The monoisotopic (exact) mass is 294 g/mol. The zero-order valence-corrected chi connectivity index (χ0v) is 13.2. The molecule has 1 fully saturated rings. The average Bonchev–Trinajstić information content (AvgIpc) is 2.90. The van der Waals surface area contributed by atoms with Gasteiger partial charge in [-0.15, -0.1) is 0 Å². The first kappa shape index (κ1) is 13.6. The van der Waals surface area contributed by atoms with Crippen molar-refractivity contribution in [3.8, 4) is 0 Å². The summed E-state index contributed by atoms with van der Waals surface area (Å²) in [6.45, 7) is 6.28. The number of nitrogens with one attached hydrogen (secondary N) is 1. The van der Waals surface area contributed by atoms with Crippen LogP contribution in [0.5, 0.6) is 0 Å². The molecule has 0 amide bonds. The van der Waals surface area contributed by atoms with E-state index in [1.807, 2.05) is 11.7 Å². The number of aromatic amines is 1. The molecule has 20 heavy (non-hydrogen) atoms. The second kappa shape index (κ2) is 5.21. The number of rotatable bonds is 3. The number of nitrogens with zero attached hydrogens (tertiary/aromatic N) is 5. The molecule has 1 saturated heterocycles. The van der Waals surface area contributed by atoms with Crippen molar-refractivity contribution in [1.29, 1.82) is 0 Å². The second-order valence-corrected chi connectivity index (χ2v) is 5.90. The van der Waals surface area contributed by atoms with Gasteiger partial charge in [-0.3, -0.25) is 0 Å². The Kier molecular flexibility index (Phi) is 3.55. The van der Waals surface area contributed by atoms with Crippen LogP contribution in [-0.4, -0.2) is 57.6 Å². The third-order valence-electron chi connectivity index (χ3n) is 3.96. The predicted molar refractivity (Wildman–Crippen MR) is 83.3 cm³/mol. The Morgan fingerprint density at radius 3 is 2.55 bits per heavy atom. The number of hydrogen-bond donors (Lipinski definition) is 1. The standard InChI is InChI=1S/C13H22N6S/c1-4-5-10-11-12(17(3)15-10)19(13(20)14-11)18-8-6-16(2)7-9-18/h4-9H2,1-3H3,(H,14,20). The van der Waals surface area contributed by atoms with Gasteiger partial charge in [-0.05, 0) is 25.7 Å². The van der Waals surface area contributed by atoms with Crippen molar-refractivity contribution in [2.75, 3.05) is 38.2 Å². The first-order valence-electron chi connectivity index (χ1n) is 7.22. The van der Waals surface area contributed by atoms with Gasteiger partial charge in [0.1, 0.15) is 5.52 Å². The van der Waals surface area contributed by atoms with Crippen LogP contribution in [-0.2, 0) is 13.5 Å². The maximum atomic E-state index is 5.53. The maximum absolute atomic E-state index is 5.53. The third-order valence-corrected chi connectivity index (χ3v) is 4.24. The Morgan fingerprint density at radius 2 is 1.90 bits per heavy atom. The molecule has 3 rings (SSSR count). The second-order valence-electron chi connectivity index (χ2n) is 5.52. The fourth-order valence-electron chi connectivity index (χ4n) is 2.87. The molecule has 7 heteroatoms. The van der Waals surface area contributed by atoms with Crippen molar-refractivity contribution >= 4 is 23.4 Å². The van der Waals surface area contributed by atoms with E-state index in [9.17, 15) is 0 Å². The lowest BCUT2D eigenvalue weighted by molar-refractivity contribution is 0.288. The van der Waals surface area contributed by atoms with Crippen LogP contribution in [0, 0.1) is 4.77 Å². The van der Waals surface area contributed by atoms with E-state index in [2.05, 4.69) is 38.6 Å². The van der Waals surface area contributed by atoms with E-state index in [1.165, 1.54) is 0 Å². The highest BCUT2D eigenvalue weighted by Crippen LogP contribution is 2.19. The van der Waals surface area contributed by atoms with Crippen molar-refractivity contribution in [3.63, 3.8) is 0 Å². The Balaban J connectivity index is 2.06. The molecule has 0 unspecified atom stereocenters. The fourth-order valence-corrected chi connectivity index (χ4v) is 3.17. The Hall–Kier alpha value is -1.34. The summed E-state index contributed by atoms with van der Waals surface area (Å²) in [7, 11) is 4.16. The fraction of sp³-hybridized carbons (Fsp3) is 0.692. The minimum atomic E-state index is 0.773. The SMILES string of the molecule is CCCc1nn(C)c2c1[nH]c(=S)n2N1CCN(C)CC1. The number of piperazine rings is 1. The summed E-state index contributed by atoms with van der Waals surface area (Å²) in [6, 6.07) is 0. The smallest absolute Gasteiger partial charge is 0.198 e. The summed E-state index contributed by atoms with van der Waals surface area (Å²) in [4.78, 5) is 5.69. The van der Waals surface area contributed by atoms with Crippen LogP contribution < -0.4 is 5.01 Å². The largest absolute Gasteiger partial charge is 0.326 e. The molecule has 0 saturated carbocycles. The van der Waals surface area contributed by atoms with Crippen LogP contribution in [0.25, 0.3) is 11.2 Å². The molecule has 0 atom stereocenters. The molecule has 110 valence electrons. The highest BCUT2D eigenvalue weighted by Gasteiger charge is 2.21. The number of aromatic nitrogens is 4. The molecule has 1 N–H and O–H groups in total. The molecule has 2 aromatic rings. The van der Waals surface area contributed by atoms with Crippen LogP contribution >= 0.6 is 12.2 Å². The number of fused-ring (bicyclic) bond motifs is 1. The number of aryl methyl sites for hydroxylation is 2. The van der Waals surface area contributed by atoms with Gasteiger partial charge in [0.25, 0.3) is 0 Å². The summed E-state index contributed by atoms with van der Waals surface area (Å²) in [5.74, 6) is 0. The van der Waals surface area contributed by atoms with Crippen LogP contribution in [0.2, 0.25) is 0 Å².